The molecule has 4 rings (SSSR count). The van der Waals surface area contributed by atoms with Crippen molar-refractivity contribution in [2.45, 2.75) is 70.3 Å². The Bertz CT molecular complexity index is 649. The number of ether oxygens (including phenoxy) is 1. The number of anilines is 1. The number of hydrogen-bond donors (Lipinski definition) is 1. The summed E-state index contributed by atoms with van der Waals surface area (Å²) >= 11 is 0. The highest BCUT2D eigenvalue weighted by atomic mass is 16.5. The molecule has 6 nitrogen and oxygen atoms in total. The fourth-order valence-corrected chi connectivity index (χ4v) is 4.60. The molecular formula is C20H30N4O2. The van der Waals surface area contributed by atoms with Crippen LogP contribution in [-0.4, -0.2) is 48.2 Å². The van der Waals surface area contributed by atoms with Crippen LogP contribution in [0.25, 0.3) is 0 Å². The maximum atomic E-state index is 11.3. The van der Waals surface area contributed by atoms with Crippen molar-refractivity contribution in [2.75, 3.05) is 31.2 Å². The second kappa shape index (κ2) is 7.91. The summed E-state index contributed by atoms with van der Waals surface area (Å²) in [5, 5.41) is 3.06. The first kappa shape index (κ1) is 17.7. The van der Waals surface area contributed by atoms with Crippen molar-refractivity contribution in [2.24, 2.45) is 0 Å². The second-order valence-electron chi connectivity index (χ2n) is 7.89. The number of aromatic nitrogens is 2. The van der Waals surface area contributed by atoms with Gasteiger partial charge in [-0.2, -0.15) is 0 Å². The van der Waals surface area contributed by atoms with Crippen LogP contribution in [0.15, 0.2) is 0 Å². The quantitative estimate of drug-likeness (QED) is 0.898. The molecule has 1 aromatic heterocycles. The van der Waals surface area contributed by atoms with Crippen molar-refractivity contribution in [1.82, 2.24) is 15.3 Å². The first-order chi connectivity index (χ1) is 12.7. The molecule has 3 heterocycles. The van der Waals surface area contributed by atoms with Crippen molar-refractivity contribution in [3.05, 3.63) is 17.1 Å². The largest absolute Gasteiger partial charge is 0.381 e. The zero-order valence-electron chi connectivity index (χ0n) is 15.8. The van der Waals surface area contributed by atoms with Gasteiger partial charge in [-0.15, -0.1) is 0 Å². The summed E-state index contributed by atoms with van der Waals surface area (Å²) in [6.45, 7) is 5.01. The van der Waals surface area contributed by atoms with Crippen LogP contribution in [0.2, 0.25) is 0 Å². The Morgan fingerprint density at radius 2 is 1.81 bits per heavy atom. The molecule has 0 unspecified atom stereocenters. The molecule has 1 aliphatic carbocycles. The van der Waals surface area contributed by atoms with Gasteiger partial charge in [0, 0.05) is 50.4 Å². The maximum Gasteiger partial charge on any atom is 0.217 e. The van der Waals surface area contributed by atoms with Crippen molar-refractivity contribution < 1.29 is 9.53 Å². The predicted molar refractivity (Wildman–Crippen MR) is 101 cm³/mol. The Labute approximate surface area is 155 Å². The third-order valence-electron chi connectivity index (χ3n) is 5.99. The van der Waals surface area contributed by atoms with Crippen LogP contribution in [0.3, 0.4) is 0 Å². The monoisotopic (exact) mass is 358 g/mol. The van der Waals surface area contributed by atoms with Crippen LogP contribution >= 0.6 is 0 Å². The van der Waals surface area contributed by atoms with Crippen molar-refractivity contribution in [3.8, 4) is 0 Å². The van der Waals surface area contributed by atoms with Crippen LogP contribution in [0, 0.1) is 0 Å². The number of rotatable bonds is 3. The van der Waals surface area contributed by atoms with E-state index in [4.69, 9.17) is 14.7 Å². The van der Waals surface area contributed by atoms with Gasteiger partial charge in [0.05, 0.1) is 18.9 Å². The van der Waals surface area contributed by atoms with Crippen LogP contribution < -0.4 is 10.2 Å². The Kier molecular flexibility index (Phi) is 5.38. The minimum absolute atomic E-state index is 0.0695. The normalized spacial score (nSPS) is 22.1. The topological polar surface area (TPSA) is 67.4 Å². The third kappa shape index (κ3) is 3.85. The molecule has 0 radical (unpaired) electrons. The smallest absolute Gasteiger partial charge is 0.217 e. The zero-order valence-corrected chi connectivity index (χ0v) is 15.8. The lowest BCUT2D eigenvalue weighted by atomic mass is 10.0. The lowest BCUT2D eigenvalue weighted by Gasteiger charge is -2.34. The van der Waals surface area contributed by atoms with Gasteiger partial charge in [-0.05, 0) is 25.7 Å². The number of hydrogen-bond acceptors (Lipinski definition) is 5. The van der Waals surface area contributed by atoms with Crippen molar-refractivity contribution in [1.29, 1.82) is 0 Å². The van der Waals surface area contributed by atoms with E-state index in [1.54, 1.807) is 6.92 Å². The van der Waals surface area contributed by atoms with Gasteiger partial charge in [0.1, 0.15) is 11.6 Å². The fraction of sp³-hybridized carbons (Fsp3) is 0.750. The lowest BCUT2D eigenvalue weighted by Crippen LogP contribution is -2.44. The molecule has 0 aromatic carbocycles. The van der Waals surface area contributed by atoms with E-state index in [1.165, 1.54) is 36.9 Å². The minimum Gasteiger partial charge on any atom is -0.381 e. The molecule has 1 aromatic rings. The molecule has 6 heteroatoms. The molecule has 3 aliphatic rings. The Morgan fingerprint density at radius 3 is 2.54 bits per heavy atom. The summed E-state index contributed by atoms with van der Waals surface area (Å²) in [6, 6.07) is 0.293. The molecule has 26 heavy (non-hydrogen) atoms. The van der Waals surface area contributed by atoms with Gasteiger partial charge in [-0.25, -0.2) is 9.97 Å². The predicted octanol–water partition coefficient (Wildman–Crippen LogP) is 2.35. The SMILES string of the molecule is CC(=O)NC1CCN(c2nc(C3CCCC3)nc3c2CCOCC3)CC1. The first-order valence-corrected chi connectivity index (χ1v) is 10.2. The molecular weight excluding hydrogens is 328 g/mol. The fourth-order valence-electron chi connectivity index (χ4n) is 4.60. The van der Waals surface area contributed by atoms with Crippen LogP contribution in [0.1, 0.15) is 68.4 Å². The van der Waals surface area contributed by atoms with E-state index < -0.39 is 0 Å². The molecule has 142 valence electrons. The number of amides is 1. The molecule has 1 saturated heterocycles. The van der Waals surface area contributed by atoms with Gasteiger partial charge in [-0.1, -0.05) is 12.8 Å². The highest BCUT2D eigenvalue weighted by Crippen LogP contribution is 2.35. The number of nitrogens with one attached hydrogen (secondary N) is 1. The number of carbonyl (C=O) groups is 1. The van der Waals surface area contributed by atoms with Crippen molar-refractivity contribution >= 4 is 11.7 Å². The molecule has 0 spiro atoms. The zero-order chi connectivity index (χ0) is 17.9. The Balaban J connectivity index is 1.59. The highest BCUT2D eigenvalue weighted by Gasteiger charge is 2.28. The van der Waals surface area contributed by atoms with Gasteiger partial charge in [-0.3, -0.25) is 4.79 Å². The van der Waals surface area contributed by atoms with Gasteiger partial charge in [0.15, 0.2) is 0 Å². The molecule has 2 fully saturated rings. The number of nitrogens with zero attached hydrogens (tertiary/aromatic N) is 3. The summed E-state index contributed by atoms with van der Waals surface area (Å²) in [7, 11) is 0. The van der Waals surface area contributed by atoms with Crippen LogP contribution in [-0.2, 0) is 22.4 Å². The Hall–Kier alpha value is -1.69. The van der Waals surface area contributed by atoms with E-state index in [0.29, 0.717) is 12.0 Å². The summed E-state index contributed by atoms with van der Waals surface area (Å²) in [6.07, 6.45) is 8.80. The van der Waals surface area contributed by atoms with Gasteiger partial charge >= 0.3 is 0 Å². The highest BCUT2D eigenvalue weighted by molar-refractivity contribution is 5.73. The maximum absolute atomic E-state index is 11.3. The Morgan fingerprint density at radius 1 is 1.08 bits per heavy atom. The van der Waals surface area contributed by atoms with E-state index >= 15 is 0 Å². The molecule has 1 amide bonds. The van der Waals surface area contributed by atoms with E-state index in [0.717, 1.165) is 63.6 Å². The summed E-state index contributed by atoms with van der Waals surface area (Å²) in [4.78, 5) is 23.8. The van der Waals surface area contributed by atoms with E-state index in [2.05, 4.69) is 10.2 Å². The number of piperidine rings is 1. The average Bonchev–Trinajstić information content (AvgIpc) is 3.07. The number of carbonyl (C=O) groups excluding carboxylic acids is 1. The second-order valence-corrected chi connectivity index (χ2v) is 7.89. The van der Waals surface area contributed by atoms with E-state index in [-0.39, 0.29) is 5.91 Å². The lowest BCUT2D eigenvalue weighted by molar-refractivity contribution is -0.119. The average molecular weight is 358 g/mol. The molecule has 1 saturated carbocycles. The van der Waals surface area contributed by atoms with Crippen LogP contribution in [0.5, 0.6) is 0 Å². The van der Waals surface area contributed by atoms with Gasteiger partial charge < -0.3 is 15.0 Å². The molecule has 0 bridgehead atoms. The number of fused-ring (bicyclic) bond motifs is 1. The molecule has 2 aliphatic heterocycles. The van der Waals surface area contributed by atoms with E-state index in [9.17, 15) is 4.79 Å². The molecule has 0 atom stereocenters. The first-order valence-electron chi connectivity index (χ1n) is 10.2. The van der Waals surface area contributed by atoms with E-state index in [1.807, 2.05) is 0 Å². The van der Waals surface area contributed by atoms with Gasteiger partial charge in [0.2, 0.25) is 5.91 Å². The molecule has 1 N–H and O–H groups in total. The van der Waals surface area contributed by atoms with Crippen molar-refractivity contribution in [3.63, 3.8) is 0 Å². The third-order valence-corrected chi connectivity index (χ3v) is 5.99. The van der Waals surface area contributed by atoms with Gasteiger partial charge in [0.25, 0.3) is 0 Å². The summed E-state index contributed by atoms with van der Waals surface area (Å²) < 4.78 is 5.71. The minimum atomic E-state index is 0.0695. The van der Waals surface area contributed by atoms with Crippen LogP contribution in [0.4, 0.5) is 5.82 Å². The summed E-state index contributed by atoms with van der Waals surface area (Å²) in [5.41, 5.74) is 2.50. The standard InChI is InChI=1S/C20H30N4O2/c1-14(25)21-16-6-10-24(11-7-16)20-17-8-12-26-13-9-18(17)22-19(23-20)15-4-2-3-5-15/h15-16H,2-13H2,1H3,(H,21,25). The summed E-state index contributed by atoms with van der Waals surface area (Å²) in [5.74, 6) is 2.80.